The van der Waals surface area contributed by atoms with E-state index in [2.05, 4.69) is 15.6 Å². The maximum Gasteiger partial charge on any atom is 0.416 e. The molecule has 0 saturated heterocycles. The molecular formula is C22H22F3N3O3. The van der Waals surface area contributed by atoms with Crippen molar-refractivity contribution in [2.45, 2.75) is 19.7 Å². The molecule has 0 fully saturated rings. The average molecular weight is 433 g/mol. The zero-order chi connectivity index (χ0) is 22.9. The van der Waals surface area contributed by atoms with Crippen LogP contribution in [-0.2, 0) is 27.3 Å². The molecule has 0 bridgehead atoms. The van der Waals surface area contributed by atoms with Crippen LogP contribution in [-0.4, -0.2) is 32.0 Å². The standard InChI is InChI=1S/C22H22F3N3O3/c1-15(16-8-6-9-18(13-16)22(23,24)25)11-12-27-31-14-17-7-4-5-10-19(17)20(28-30-3)21(29)26-2/h4-13H,14H2,1-3H3,(H,26,29)/b15-11+,27-12+,28-20+. The number of amides is 1. The minimum atomic E-state index is -4.40. The third-order valence-electron chi connectivity index (χ3n) is 4.22. The summed E-state index contributed by atoms with van der Waals surface area (Å²) in [6, 6.07) is 12.0. The minimum Gasteiger partial charge on any atom is -0.398 e. The fourth-order valence-electron chi connectivity index (χ4n) is 2.63. The smallest absolute Gasteiger partial charge is 0.398 e. The number of halogens is 3. The molecule has 0 aromatic heterocycles. The molecule has 2 aromatic rings. The van der Waals surface area contributed by atoms with E-state index in [1.165, 1.54) is 26.4 Å². The van der Waals surface area contributed by atoms with E-state index in [-0.39, 0.29) is 12.3 Å². The van der Waals surface area contributed by atoms with Crippen molar-refractivity contribution in [2.24, 2.45) is 10.3 Å². The van der Waals surface area contributed by atoms with Crippen LogP contribution >= 0.6 is 0 Å². The third-order valence-corrected chi connectivity index (χ3v) is 4.22. The van der Waals surface area contributed by atoms with Crippen LogP contribution in [0.3, 0.4) is 0 Å². The van der Waals surface area contributed by atoms with Gasteiger partial charge < -0.3 is 15.0 Å². The molecule has 1 N–H and O–H groups in total. The molecule has 0 heterocycles. The van der Waals surface area contributed by atoms with Crippen LogP contribution in [0.1, 0.15) is 29.2 Å². The largest absolute Gasteiger partial charge is 0.416 e. The van der Waals surface area contributed by atoms with Crippen LogP contribution in [0.5, 0.6) is 0 Å². The van der Waals surface area contributed by atoms with Gasteiger partial charge in [0, 0.05) is 18.2 Å². The lowest BCUT2D eigenvalue weighted by Crippen LogP contribution is -2.29. The van der Waals surface area contributed by atoms with Gasteiger partial charge in [0.15, 0.2) is 5.71 Å². The van der Waals surface area contributed by atoms with Gasteiger partial charge in [-0.3, -0.25) is 4.79 Å². The van der Waals surface area contributed by atoms with E-state index in [0.717, 1.165) is 12.1 Å². The predicted molar refractivity (Wildman–Crippen MR) is 112 cm³/mol. The summed E-state index contributed by atoms with van der Waals surface area (Å²) >= 11 is 0. The molecule has 0 aliphatic heterocycles. The van der Waals surface area contributed by atoms with Gasteiger partial charge in [-0.15, -0.1) is 0 Å². The average Bonchev–Trinajstić information content (AvgIpc) is 2.76. The highest BCUT2D eigenvalue weighted by molar-refractivity contribution is 6.45. The molecule has 9 heteroatoms. The second kappa shape index (κ2) is 11.0. The minimum absolute atomic E-state index is 0.0445. The highest BCUT2D eigenvalue weighted by atomic mass is 19.4. The molecule has 2 aromatic carbocycles. The van der Waals surface area contributed by atoms with Crippen LogP contribution in [0.15, 0.2) is 64.9 Å². The first-order valence-corrected chi connectivity index (χ1v) is 9.19. The lowest BCUT2D eigenvalue weighted by Gasteiger charge is -2.09. The number of allylic oxidation sites excluding steroid dienone is 2. The van der Waals surface area contributed by atoms with Crippen molar-refractivity contribution in [3.8, 4) is 0 Å². The van der Waals surface area contributed by atoms with Crippen molar-refractivity contribution in [3.63, 3.8) is 0 Å². The topological polar surface area (TPSA) is 72.3 Å². The molecule has 1 amide bonds. The highest BCUT2D eigenvalue weighted by Gasteiger charge is 2.30. The van der Waals surface area contributed by atoms with E-state index >= 15 is 0 Å². The number of carbonyl (C=O) groups excluding carboxylic acids is 1. The van der Waals surface area contributed by atoms with Gasteiger partial charge >= 0.3 is 6.18 Å². The third kappa shape index (κ3) is 6.70. The van der Waals surface area contributed by atoms with Gasteiger partial charge in [-0.1, -0.05) is 46.7 Å². The van der Waals surface area contributed by atoms with Gasteiger partial charge in [-0.05, 0) is 36.3 Å². The number of carbonyl (C=O) groups is 1. The summed E-state index contributed by atoms with van der Waals surface area (Å²) < 4.78 is 38.5. The summed E-state index contributed by atoms with van der Waals surface area (Å²) in [7, 11) is 2.82. The van der Waals surface area contributed by atoms with E-state index in [0.29, 0.717) is 22.3 Å². The second-order valence-corrected chi connectivity index (χ2v) is 6.31. The van der Waals surface area contributed by atoms with E-state index in [1.807, 2.05) is 0 Å². The van der Waals surface area contributed by atoms with Crippen molar-refractivity contribution < 1.29 is 27.6 Å². The number of nitrogens with zero attached hydrogens (tertiary/aromatic N) is 2. The fraction of sp³-hybridized carbons (Fsp3) is 0.227. The van der Waals surface area contributed by atoms with Crippen molar-refractivity contribution in [1.29, 1.82) is 0 Å². The molecule has 0 unspecified atom stereocenters. The lowest BCUT2D eigenvalue weighted by molar-refractivity contribution is -0.137. The Labute approximate surface area is 178 Å². The van der Waals surface area contributed by atoms with Crippen molar-refractivity contribution in [3.05, 3.63) is 76.9 Å². The summed E-state index contributed by atoms with van der Waals surface area (Å²) in [6.07, 6.45) is -1.51. The Hall–Kier alpha value is -3.62. The molecule has 0 atom stereocenters. The maximum atomic E-state index is 12.8. The maximum absolute atomic E-state index is 12.8. The SMILES string of the molecule is CNC(=O)/C(=N/OC)c1ccccc1CO/N=C/C=C(\C)c1cccc(C(F)(F)F)c1. The first kappa shape index (κ1) is 23.7. The molecular weight excluding hydrogens is 411 g/mol. The zero-order valence-corrected chi connectivity index (χ0v) is 17.2. The van der Waals surface area contributed by atoms with Crippen molar-refractivity contribution in [2.75, 3.05) is 14.2 Å². The lowest BCUT2D eigenvalue weighted by atomic mass is 10.0. The van der Waals surface area contributed by atoms with E-state index < -0.39 is 17.6 Å². The Morgan fingerprint density at radius 2 is 1.90 bits per heavy atom. The molecule has 0 aliphatic carbocycles. The summed E-state index contributed by atoms with van der Waals surface area (Å²) in [6.45, 7) is 1.72. The summed E-state index contributed by atoms with van der Waals surface area (Å²) in [4.78, 5) is 22.1. The van der Waals surface area contributed by atoms with Gasteiger partial charge in [0.2, 0.25) is 0 Å². The summed E-state index contributed by atoms with van der Waals surface area (Å²) in [5, 5.41) is 10.1. The second-order valence-electron chi connectivity index (χ2n) is 6.31. The first-order valence-electron chi connectivity index (χ1n) is 9.19. The first-order chi connectivity index (χ1) is 14.8. The van der Waals surface area contributed by atoms with Gasteiger partial charge in [-0.2, -0.15) is 13.2 Å². The van der Waals surface area contributed by atoms with Crippen molar-refractivity contribution in [1.82, 2.24) is 5.32 Å². The number of rotatable bonds is 8. The Balaban J connectivity index is 2.09. The molecule has 0 saturated carbocycles. The summed E-state index contributed by atoms with van der Waals surface area (Å²) in [5.41, 5.74) is 1.57. The normalized spacial score (nSPS) is 12.7. The monoisotopic (exact) mass is 433 g/mol. The molecule has 0 aliphatic rings. The predicted octanol–water partition coefficient (Wildman–Crippen LogP) is 4.41. The molecule has 0 spiro atoms. The zero-order valence-electron chi connectivity index (χ0n) is 17.2. The molecule has 164 valence electrons. The van der Waals surface area contributed by atoms with Crippen LogP contribution in [0.25, 0.3) is 5.57 Å². The van der Waals surface area contributed by atoms with E-state index in [9.17, 15) is 18.0 Å². The fourth-order valence-corrected chi connectivity index (χ4v) is 2.63. The number of oxime groups is 2. The van der Waals surface area contributed by atoms with Crippen LogP contribution in [0.4, 0.5) is 13.2 Å². The van der Waals surface area contributed by atoms with Gasteiger partial charge in [0.25, 0.3) is 5.91 Å². The Bertz CT molecular complexity index is 999. The molecule has 2 rings (SSSR count). The molecule has 6 nitrogen and oxygen atoms in total. The van der Waals surface area contributed by atoms with Gasteiger partial charge in [0.1, 0.15) is 13.7 Å². The number of hydrogen-bond acceptors (Lipinski definition) is 5. The van der Waals surface area contributed by atoms with Gasteiger partial charge in [-0.25, -0.2) is 0 Å². The van der Waals surface area contributed by atoms with Crippen LogP contribution < -0.4 is 5.32 Å². The highest BCUT2D eigenvalue weighted by Crippen LogP contribution is 2.30. The quantitative estimate of drug-likeness (QED) is 0.495. The van der Waals surface area contributed by atoms with Crippen LogP contribution in [0.2, 0.25) is 0 Å². The van der Waals surface area contributed by atoms with E-state index in [4.69, 9.17) is 9.68 Å². The Morgan fingerprint density at radius 3 is 2.58 bits per heavy atom. The Kier molecular flexibility index (Phi) is 8.36. The number of benzene rings is 2. The van der Waals surface area contributed by atoms with Crippen LogP contribution in [0, 0.1) is 0 Å². The number of nitrogens with one attached hydrogen (secondary N) is 1. The number of alkyl halides is 3. The number of likely N-dealkylation sites (N-methyl/N-ethyl adjacent to an activating group) is 1. The van der Waals surface area contributed by atoms with E-state index in [1.54, 1.807) is 43.3 Å². The van der Waals surface area contributed by atoms with Crippen molar-refractivity contribution >= 4 is 23.4 Å². The molecule has 0 radical (unpaired) electrons. The summed E-state index contributed by atoms with van der Waals surface area (Å²) in [5.74, 6) is -0.419. The Morgan fingerprint density at radius 1 is 1.16 bits per heavy atom. The number of hydrogen-bond donors (Lipinski definition) is 1. The molecule has 31 heavy (non-hydrogen) atoms. The van der Waals surface area contributed by atoms with Gasteiger partial charge in [0.05, 0.1) is 11.8 Å².